The van der Waals surface area contributed by atoms with E-state index in [1.54, 1.807) is 66.7 Å². The first-order valence-electron chi connectivity index (χ1n) is 11.2. The minimum atomic E-state index is -3.90. The average molecular weight is 496 g/mol. The van der Waals surface area contributed by atoms with Crippen LogP contribution in [-0.4, -0.2) is 33.4 Å². The molecule has 2 amide bonds. The first kappa shape index (κ1) is 25.8. The summed E-state index contributed by atoms with van der Waals surface area (Å²) in [4.78, 5) is 25.7. The molecule has 0 spiro atoms. The zero-order valence-electron chi connectivity index (χ0n) is 19.8. The molecule has 8 nitrogen and oxygen atoms in total. The summed E-state index contributed by atoms with van der Waals surface area (Å²) in [6.07, 6.45) is 0.660. The van der Waals surface area contributed by atoms with Crippen molar-refractivity contribution in [3.05, 3.63) is 84.4 Å². The number of ether oxygens (including phenoxy) is 1. The van der Waals surface area contributed by atoms with Crippen molar-refractivity contribution in [1.82, 2.24) is 5.32 Å². The van der Waals surface area contributed by atoms with Crippen molar-refractivity contribution in [2.75, 3.05) is 17.1 Å². The summed E-state index contributed by atoms with van der Waals surface area (Å²) >= 11 is 0. The number of carbonyl (C=O) groups excluding carboxylic acids is 2. The van der Waals surface area contributed by atoms with E-state index in [0.717, 1.165) is 0 Å². The quantitative estimate of drug-likeness (QED) is 0.389. The van der Waals surface area contributed by atoms with Gasteiger partial charge in [0.1, 0.15) is 11.8 Å². The molecule has 0 aromatic heterocycles. The molecule has 0 radical (unpaired) electrons. The van der Waals surface area contributed by atoms with Gasteiger partial charge in [-0.25, -0.2) is 8.42 Å². The lowest BCUT2D eigenvalue weighted by Gasteiger charge is -2.23. The summed E-state index contributed by atoms with van der Waals surface area (Å²) in [5.41, 5.74) is 1.13. The Morgan fingerprint density at radius 3 is 2.23 bits per heavy atom. The summed E-state index contributed by atoms with van der Waals surface area (Å²) in [5.74, 6) is -0.327. The Kier molecular flexibility index (Phi) is 8.48. The van der Waals surface area contributed by atoms with E-state index in [1.807, 2.05) is 13.8 Å². The van der Waals surface area contributed by atoms with Crippen LogP contribution in [0.25, 0.3) is 0 Å². The molecule has 0 saturated carbocycles. The number of benzene rings is 3. The maximum atomic E-state index is 13.1. The van der Waals surface area contributed by atoms with Crippen LogP contribution in [-0.2, 0) is 14.8 Å². The van der Waals surface area contributed by atoms with E-state index in [2.05, 4.69) is 15.4 Å². The van der Waals surface area contributed by atoms with Gasteiger partial charge in [0.15, 0.2) is 0 Å². The SMILES string of the molecule is CC[C@H](C)[C@@H](NC(=O)c1ccccc1)C(=O)Nc1cccc(S(=O)(=O)Nc2ccc(OC)cc2)c1. The molecule has 3 rings (SSSR count). The normalized spacial score (nSPS) is 12.8. The van der Waals surface area contributed by atoms with Gasteiger partial charge in [-0.1, -0.05) is 44.5 Å². The molecule has 0 bridgehead atoms. The van der Waals surface area contributed by atoms with E-state index < -0.39 is 22.0 Å². The first-order chi connectivity index (χ1) is 16.7. The van der Waals surface area contributed by atoms with Crippen LogP contribution < -0.4 is 20.1 Å². The number of carbonyl (C=O) groups is 2. The second-order valence-electron chi connectivity index (χ2n) is 8.05. The second kappa shape index (κ2) is 11.5. The van der Waals surface area contributed by atoms with Crippen molar-refractivity contribution in [2.24, 2.45) is 5.92 Å². The summed E-state index contributed by atoms with van der Waals surface area (Å²) in [6, 6.07) is 20.3. The predicted octanol–water partition coefficient (Wildman–Crippen LogP) is 4.28. The molecule has 2 atom stereocenters. The van der Waals surface area contributed by atoms with Crippen LogP contribution in [0.1, 0.15) is 30.6 Å². The molecule has 9 heteroatoms. The van der Waals surface area contributed by atoms with Crippen molar-refractivity contribution in [1.29, 1.82) is 0 Å². The van der Waals surface area contributed by atoms with Crippen LogP contribution in [0.5, 0.6) is 5.75 Å². The molecule has 0 fully saturated rings. The Bertz CT molecular complexity index is 1260. The number of hydrogen-bond donors (Lipinski definition) is 3. The van der Waals surface area contributed by atoms with Gasteiger partial charge in [0, 0.05) is 16.9 Å². The van der Waals surface area contributed by atoms with Crippen molar-refractivity contribution < 1.29 is 22.7 Å². The molecule has 0 heterocycles. The molecule has 184 valence electrons. The maximum Gasteiger partial charge on any atom is 0.261 e. The molecular weight excluding hydrogens is 466 g/mol. The monoisotopic (exact) mass is 495 g/mol. The van der Waals surface area contributed by atoms with Gasteiger partial charge in [-0.15, -0.1) is 0 Å². The fourth-order valence-corrected chi connectivity index (χ4v) is 4.45. The molecule has 3 aromatic rings. The maximum absolute atomic E-state index is 13.1. The minimum absolute atomic E-state index is 0.0143. The highest BCUT2D eigenvalue weighted by Crippen LogP contribution is 2.22. The number of anilines is 2. The van der Waals surface area contributed by atoms with E-state index in [4.69, 9.17) is 4.74 Å². The van der Waals surface area contributed by atoms with E-state index >= 15 is 0 Å². The van der Waals surface area contributed by atoms with Crippen molar-refractivity contribution in [3.8, 4) is 5.75 Å². The van der Waals surface area contributed by atoms with Gasteiger partial charge >= 0.3 is 0 Å². The number of nitrogens with one attached hydrogen (secondary N) is 3. The van der Waals surface area contributed by atoms with Gasteiger partial charge < -0.3 is 15.4 Å². The Morgan fingerprint density at radius 2 is 1.60 bits per heavy atom. The third-order valence-corrected chi connectivity index (χ3v) is 6.95. The number of amides is 2. The molecule has 0 saturated heterocycles. The van der Waals surface area contributed by atoms with E-state index in [0.29, 0.717) is 29.1 Å². The number of rotatable bonds is 10. The molecule has 3 N–H and O–H groups in total. The zero-order valence-corrected chi connectivity index (χ0v) is 20.6. The first-order valence-corrected chi connectivity index (χ1v) is 12.7. The Balaban J connectivity index is 1.75. The van der Waals surface area contributed by atoms with Crippen LogP contribution in [0.15, 0.2) is 83.8 Å². The average Bonchev–Trinajstić information content (AvgIpc) is 2.87. The third-order valence-electron chi connectivity index (χ3n) is 5.57. The largest absolute Gasteiger partial charge is 0.497 e. The van der Waals surface area contributed by atoms with Gasteiger partial charge in [-0.05, 0) is 60.5 Å². The van der Waals surface area contributed by atoms with Crippen molar-refractivity contribution in [3.63, 3.8) is 0 Å². The Labute approximate surface area is 205 Å². The lowest BCUT2D eigenvalue weighted by molar-refractivity contribution is -0.119. The summed E-state index contributed by atoms with van der Waals surface area (Å²) < 4.78 is 33.3. The van der Waals surface area contributed by atoms with Gasteiger partial charge in [-0.2, -0.15) is 0 Å². The second-order valence-corrected chi connectivity index (χ2v) is 9.74. The number of methoxy groups -OCH3 is 1. The molecule has 3 aromatic carbocycles. The van der Waals surface area contributed by atoms with Crippen molar-refractivity contribution in [2.45, 2.75) is 31.2 Å². The molecule has 0 aliphatic carbocycles. The third kappa shape index (κ3) is 6.83. The van der Waals surface area contributed by atoms with Crippen LogP contribution >= 0.6 is 0 Å². The topological polar surface area (TPSA) is 114 Å². The number of hydrogen-bond acceptors (Lipinski definition) is 5. The standard InChI is InChI=1S/C26H29N3O5S/c1-4-18(2)24(28-25(30)19-9-6-5-7-10-19)26(31)27-21-11-8-12-23(17-21)35(32,33)29-20-13-15-22(34-3)16-14-20/h5-18,24,29H,4H2,1-3H3,(H,27,31)(H,28,30)/t18-,24+/m0/s1. The minimum Gasteiger partial charge on any atom is -0.497 e. The van der Waals surface area contributed by atoms with Crippen LogP contribution in [0.2, 0.25) is 0 Å². The molecule has 35 heavy (non-hydrogen) atoms. The van der Waals surface area contributed by atoms with Crippen LogP contribution in [0.4, 0.5) is 11.4 Å². The smallest absolute Gasteiger partial charge is 0.261 e. The molecule has 0 aliphatic heterocycles. The highest BCUT2D eigenvalue weighted by atomic mass is 32.2. The summed E-state index contributed by atoms with van der Waals surface area (Å²) in [6.45, 7) is 3.80. The van der Waals surface area contributed by atoms with E-state index in [9.17, 15) is 18.0 Å². The van der Waals surface area contributed by atoms with Gasteiger partial charge in [0.05, 0.1) is 12.0 Å². The Morgan fingerprint density at radius 1 is 0.914 bits per heavy atom. The van der Waals surface area contributed by atoms with Gasteiger partial charge in [0.25, 0.3) is 15.9 Å². The fourth-order valence-electron chi connectivity index (χ4n) is 3.35. The van der Waals surface area contributed by atoms with Gasteiger partial charge in [0.2, 0.25) is 5.91 Å². The van der Waals surface area contributed by atoms with Crippen LogP contribution in [0, 0.1) is 5.92 Å². The highest BCUT2D eigenvalue weighted by molar-refractivity contribution is 7.92. The summed E-state index contributed by atoms with van der Waals surface area (Å²) in [7, 11) is -2.37. The van der Waals surface area contributed by atoms with E-state index in [-0.39, 0.29) is 16.7 Å². The highest BCUT2D eigenvalue weighted by Gasteiger charge is 2.27. The lowest BCUT2D eigenvalue weighted by Crippen LogP contribution is -2.47. The molecule has 0 unspecified atom stereocenters. The number of sulfonamides is 1. The fraction of sp³-hybridized carbons (Fsp3) is 0.231. The molecular formula is C26H29N3O5S. The summed E-state index contributed by atoms with van der Waals surface area (Å²) in [5, 5.41) is 5.54. The van der Waals surface area contributed by atoms with Crippen LogP contribution in [0.3, 0.4) is 0 Å². The van der Waals surface area contributed by atoms with Crippen molar-refractivity contribution >= 4 is 33.2 Å². The predicted molar refractivity (Wildman–Crippen MR) is 136 cm³/mol. The lowest BCUT2D eigenvalue weighted by atomic mass is 9.97. The van der Waals surface area contributed by atoms with Gasteiger partial charge in [-0.3, -0.25) is 14.3 Å². The molecule has 0 aliphatic rings. The van der Waals surface area contributed by atoms with E-state index in [1.165, 1.54) is 19.2 Å². The Hall–Kier alpha value is -3.85. The zero-order chi connectivity index (χ0) is 25.4.